The second kappa shape index (κ2) is 5.18. The SMILES string of the molecule is C/C(=N/O)c1ccc2c(c1)c1cc(/C(C)=N\O)ccc1n2C. The van der Waals surface area contributed by atoms with E-state index in [4.69, 9.17) is 10.4 Å². The molecule has 0 bridgehead atoms. The molecule has 5 nitrogen and oxygen atoms in total. The lowest BCUT2D eigenvalue weighted by Gasteiger charge is -2.00. The van der Waals surface area contributed by atoms with Crippen molar-refractivity contribution in [2.75, 3.05) is 0 Å². The number of fused-ring (bicyclic) bond motifs is 3. The summed E-state index contributed by atoms with van der Waals surface area (Å²) in [5.41, 5.74) is 5.09. The molecule has 0 amide bonds. The molecule has 2 N–H and O–H groups in total. The summed E-state index contributed by atoms with van der Waals surface area (Å²) in [4.78, 5) is 0. The number of rotatable bonds is 2. The molecular formula is C17H17N3O2. The molecule has 1 heterocycles. The lowest BCUT2D eigenvalue weighted by molar-refractivity contribution is 0.319. The van der Waals surface area contributed by atoms with Gasteiger partial charge in [-0.05, 0) is 49.2 Å². The molecule has 0 radical (unpaired) electrons. The van der Waals surface area contributed by atoms with Crippen LogP contribution in [0.15, 0.2) is 46.7 Å². The van der Waals surface area contributed by atoms with Crippen LogP contribution in [0.25, 0.3) is 21.8 Å². The predicted molar refractivity (Wildman–Crippen MR) is 88.4 cm³/mol. The minimum Gasteiger partial charge on any atom is -0.411 e. The molecule has 0 atom stereocenters. The molecule has 5 heteroatoms. The van der Waals surface area contributed by atoms with Gasteiger partial charge in [0.15, 0.2) is 0 Å². The molecular weight excluding hydrogens is 278 g/mol. The van der Waals surface area contributed by atoms with Crippen LogP contribution < -0.4 is 0 Å². The van der Waals surface area contributed by atoms with Crippen LogP contribution in [0.2, 0.25) is 0 Å². The van der Waals surface area contributed by atoms with Crippen molar-refractivity contribution in [2.24, 2.45) is 17.4 Å². The first kappa shape index (κ1) is 14.1. The van der Waals surface area contributed by atoms with Crippen LogP contribution in [-0.4, -0.2) is 26.4 Å². The summed E-state index contributed by atoms with van der Waals surface area (Å²) >= 11 is 0. The monoisotopic (exact) mass is 295 g/mol. The van der Waals surface area contributed by atoms with Gasteiger partial charge in [-0.1, -0.05) is 22.4 Å². The molecule has 0 saturated carbocycles. The number of oxime groups is 2. The Morgan fingerprint density at radius 3 is 1.59 bits per heavy atom. The van der Waals surface area contributed by atoms with Gasteiger partial charge in [0.25, 0.3) is 0 Å². The minimum atomic E-state index is 0.572. The Labute approximate surface area is 127 Å². The highest BCUT2D eigenvalue weighted by molar-refractivity contribution is 6.13. The number of aromatic nitrogens is 1. The van der Waals surface area contributed by atoms with Crippen molar-refractivity contribution >= 4 is 33.2 Å². The van der Waals surface area contributed by atoms with Crippen molar-refractivity contribution in [3.8, 4) is 0 Å². The second-order valence-corrected chi connectivity index (χ2v) is 5.39. The molecule has 0 saturated heterocycles. The zero-order chi connectivity index (χ0) is 15.9. The lowest BCUT2D eigenvalue weighted by Crippen LogP contribution is -1.94. The molecule has 0 fully saturated rings. The summed E-state index contributed by atoms with van der Waals surface area (Å²) in [5.74, 6) is 0. The topological polar surface area (TPSA) is 70.1 Å². The van der Waals surface area contributed by atoms with E-state index in [1.54, 1.807) is 13.8 Å². The van der Waals surface area contributed by atoms with Gasteiger partial charge in [0, 0.05) is 28.9 Å². The Morgan fingerprint density at radius 2 is 1.23 bits per heavy atom. The third kappa shape index (κ3) is 2.02. The van der Waals surface area contributed by atoms with Crippen LogP contribution in [0.5, 0.6) is 0 Å². The number of hydrogen-bond acceptors (Lipinski definition) is 4. The normalized spacial score (nSPS) is 13.2. The van der Waals surface area contributed by atoms with Crippen molar-refractivity contribution < 1.29 is 10.4 Å². The summed E-state index contributed by atoms with van der Waals surface area (Å²) < 4.78 is 2.12. The van der Waals surface area contributed by atoms with Crippen molar-refractivity contribution in [1.82, 2.24) is 4.57 Å². The van der Waals surface area contributed by atoms with Gasteiger partial charge in [-0.3, -0.25) is 0 Å². The maximum Gasteiger partial charge on any atom is 0.0837 e. The molecule has 1 aromatic heterocycles. The highest BCUT2D eigenvalue weighted by atomic mass is 16.4. The average molecular weight is 295 g/mol. The molecule has 0 spiro atoms. The first-order chi connectivity index (χ1) is 10.6. The van der Waals surface area contributed by atoms with E-state index in [0.29, 0.717) is 11.4 Å². The molecule has 0 aliphatic rings. The molecule has 0 aliphatic heterocycles. The highest BCUT2D eigenvalue weighted by Crippen LogP contribution is 2.30. The van der Waals surface area contributed by atoms with E-state index in [2.05, 4.69) is 14.9 Å². The fourth-order valence-electron chi connectivity index (χ4n) is 2.78. The Kier molecular flexibility index (Phi) is 3.33. The van der Waals surface area contributed by atoms with Gasteiger partial charge in [0.1, 0.15) is 0 Å². The first-order valence-electron chi connectivity index (χ1n) is 6.97. The van der Waals surface area contributed by atoms with Crippen LogP contribution >= 0.6 is 0 Å². The van der Waals surface area contributed by atoms with E-state index in [9.17, 15) is 0 Å². The summed E-state index contributed by atoms with van der Waals surface area (Å²) in [6.45, 7) is 3.53. The summed E-state index contributed by atoms with van der Waals surface area (Å²) in [6.07, 6.45) is 0. The summed E-state index contributed by atoms with van der Waals surface area (Å²) in [5, 5.41) is 26.6. The number of hydrogen-bond donors (Lipinski definition) is 2. The van der Waals surface area contributed by atoms with Gasteiger partial charge in [0.2, 0.25) is 0 Å². The van der Waals surface area contributed by atoms with Crippen molar-refractivity contribution in [2.45, 2.75) is 13.8 Å². The maximum absolute atomic E-state index is 8.97. The van der Waals surface area contributed by atoms with Crippen LogP contribution in [0.4, 0.5) is 0 Å². The first-order valence-corrected chi connectivity index (χ1v) is 6.97. The molecule has 0 unspecified atom stereocenters. The molecule has 0 aliphatic carbocycles. The third-order valence-corrected chi connectivity index (χ3v) is 4.14. The van der Waals surface area contributed by atoms with E-state index in [-0.39, 0.29) is 0 Å². The van der Waals surface area contributed by atoms with Gasteiger partial charge < -0.3 is 15.0 Å². The smallest absolute Gasteiger partial charge is 0.0837 e. The van der Waals surface area contributed by atoms with Gasteiger partial charge in [0.05, 0.1) is 11.4 Å². The zero-order valence-electron chi connectivity index (χ0n) is 12.7. The van der Waals surface area contributed by atoms with Crippen molar-refractivity contribution in [3.05, 3.63) is 47.5 Å². The van der Waals surface area contributed by atoms with E-state index >= 15 is 0 Å². The standard InChI is InChI=1S/C17H17N3O2/c1-10(18-21)12-4-6-16-14(8-12)15-9-13(11(2)19-22)5-7-17(15)20(16)3/h4-9,21-22H,1-3H3/b18-10-,19-11-. The number of benzene rings is 2. The Balaban J connectivity index is 2.38. The van der Waals surface area contributed by atoms with Crippen molar-refractivity contribution in [3.63, 3.8) is 0 Å². The average Bonchev–Trinajstić information content (AvgIpc) is 2.85. The minimum absolute atomic E-state index is 0.572. The molecule has 22 heavy (non-hydrogen) atoms. The van der Waals surface area contributed by atoms with E-state index in [1.807, 2.05) is 43.4 Å². The fourth-order valence-corrected chi connectivity index (χ4v) is 2.78. The molecule has 3 aromatic rings. The van der Waals surface area contributed by atoms with Gasteiger partial charge >= 0.3 is 0 Å². The van der Waals surface area contributed by atoms with E-state index in [0.717, 1.165) is 32.9 Å². The third-order valence-electron chi connectivity index (χ3n) is 4.14. The zero-order valence-corrected chi connectivity index (χ0v) is 12.7. The van der Waals surface area contributed by atoms with Crippen LogP contribution in [0.1, 0.15) is 25.0 Å². The van der Waals surface area contributed by atoms with Gasteiger partial charge in [-0.25, -0.2) is 0 Å². The lowest BCUT2D eigenvalue weighted by atomic mass is 10.0. The highest BCUT2D eigenvalue weighted by Gasteiger charge is 2.11. The van der Waals surface area contributed by atoms with E-state index in [1.165, 1.54) is 0 Å². The molecule has 2 aromatic carbocycles. The summed E-state index contributed by atoms with van der Waals surface area (Å²) in [6, 6.07) is 12.0. The Hall–Kier alpha value is -2.82. The molecule has 112 valence electrons. The Bertz CT molecular complexity index is 861. The van der Waals surface area contributed by atoms with Crippen LogP contribution in [-0.2, 0) is 7.05 Å². The van der Waals surface area contributed by atoms with Crippen molar-refractivity contribution in [1.29, 1.82) is 0 Å². The van der Waals surface area contributed by atoms with E-state index < -0.39 is 0 Å². The predicted octanol–water partition coefficient (Wildman–Crippen LogP) is 3.73. The van der Waals surface area contributed by atoms with Crippen LogP contribution in [0, 0.1) is 0 Å². The maximum atomic E-state index is 8.97. The van der Waals surface area contributed by atoms with Crippen LogP contribution in [0.3, 0.4) is 0 Å². The quantitative estimate of drug-likeness (QED) is 0.429. The fraction of sp³-hybridized carbons (Fsp3) is 0.176. The second-order valence-electron chi connectivity index (χ2n) is 5.39. The van der Waals surface area contributed by atoms with Gasteiger partial charge in [-0.15, -0.1) is 0 Å². The number of nitrogens with zero attached hydrogens (tertiary/aromatic N) is 3. The van der Waals surface area contributed by atoms with Gasteiger partial charge in [-0.2, -0.15) is 0 Å². The largest absolute Gasteiger partial charge is 0.411 e. The summed E-state index contributed by atoms with van der Waals surface area (Å²) in [7, 11) is 2.02. The Morgan fingerprint density at radius 1 is 0.818 bits per heavy atom. The molecule has 3 rings (SSSR count). The number of aryl methyl sites for hydroxylation is 1.